The Labute approximate surface area is 149 Å². The molecule has 25 heavy (non-hydrogen) atoms. The van der Waals surface area contributed by atoms with Gasteiger partial charge in [0.05, 0.1) is 18.5 Å². The third-order valence-electron chi connectivity index (χ3n) is 3.17. The SMILES string of the molecule is CCOC(=O)Oc1cn(-c2cccc(Oc3ccc(Cl)cc3)c2)cn1. The molecule has 0 unspecified atom stereocenters. The van der Waals surface area contributed by atoms with Gasteiger partial charge in [-0.15, -0.1) is 0 Å². The molecule has 0 amide bonds. The highest BCUT2D eigenvalue weighted by Gasteiger charge is 2.09. The molecule has 0 aliphatic rings. The van der Waals surface area contributed by atoms with E-state index >= 15 is 0 Å². The lowest BCUT2D eigenvalue weighted by Crippen LogP contribution is -2.10. The summed E-state index contributed by atoms with van der Waals surface area (Å²) in [6, 6.07) is 14.5. The number of hydrogen-bond acceptors (Lipinski definition) is 5. The lowest BCUT2D eigenvalue weighted by Gasteiger charge is -2.08. The van der Waals surface area contributed by atoms with E-state index in [4.69, 9.17) is 25.8 Å². The molecule has 0 aliphatic carbocycles. The molecular weight excluding hydrogens is 344 g/mol. The smallest absolute Gasteiger partial charge is 0.457 e. The van der Waals surface area contributed by atoms with Crippen LogP contribution in [0.4, 0.5) is 4.79 Å². The van der Waals surface area contributed by atoms with E-state index < -0.39 is 6.16 Å². The van der Waals surface area contributed by atoms with Crippen molar-refractivity contribution in [3.63, 3.8) is 0 Å². The van der Waals surface area contributed by atoms with E-state index in [9.17, 15) is 4.79 Å². The van der Waals surface area contributed by atoms with Gasteiger partial charge in [-0.1, -0.05) is 17.7 Å². The van der Waals surface area contributed by atoms with Gasteiger partial charge < -0.3 is 18.8 Å². The summed E-state index contributed by atoms with van der Waals surface area (Å²) in [6.45, 7) is 1.94. The molecule has 1 aromatic heterocycles. The summed E-state index contributed by atoms with van der Waals surface area (Å²) in [5.41, 5.74) is 0.803. The van der Waals surface area contributed by atoms with Gasteiger partial charge in [0, 0.05) is 11.1 Å². The molecule has 7 heteroatoms. The van der Waals surface area contributed by atoms with Crippen LogP contribution in [0.25, 0.3) is 5.69 Å². The van der Waals surface area contributed by atoms with Crippen LogP contribution in [0.3, 0.4) is 0 Å². The number of rotatable bonds is 5. The summed E-state index contributed by atoms with van der Waals surface area (Å²) in [7, 11) is 0. The van der Waals surface area contributed by atoms with Gasteiger partial charge in [0.25, 0.3) is 0 Å². The molecule has 0 spiro atoms. The maximum absolute atomic E-state index is 11.3. The Kier molecular flexibility index (Phi) is 5.20. The normalized spacial score (nSPS) is 10.3. The maximum Gasteiger partial charge on any atom is 0.515 e. The molecule has 128 valence electrons. The average molecular weight is 359 g/mol. The quantitative estimate of drug-likeness (QED) is 0.610. The fourth-order valence-corrected chi connectivity index (χ4v) is 2.20. The summed E-state index contributed by atoms with van der Waals surface area (Å²) in [5, 5.41) is 0.647. The van der Waals surface area contributed by atoms with Crippen LogP contribution in [0.15, 0.2) is 61.1 Å². The first-order chi connectivity index (χ1) is 12.1. The molecule has 0 N–H and O–H groups in total. The highest BCUT2D eigenvalue weighted by Crippen LogP contribution is 2.25. The molecular formula is C18H15ClN2O4. The molecule has 0 saturated heterocycles. The van der Waals surface area contributed by atoms with Crippen molar-refractivity contribution in [3.8, 4) is 23.1 Å². The van der Waals surface area contributed by atoms with Crippen LogP contribution in [-0.2, 0) is 4.74 Å². The molecule has 3 rings (SSSR count). The van der Waals surface area contributed by atoms with Gasteiger partial charge >= 0.3 is 6.16 Å². The first kappa shape index (κ1) is 16.9. The van der Waals surface area contributed by atoms with E-state index in [2.05, 4.69) is 4.98 Å². The predicted octanol–water partition coefficient (Wildman–Crippen LogP) is 4.85. The number of imidazole rings is 1. The number of hydrogen-bond donors (Lipinski definition) is 0. The number of carbonyl (C=O) groups excluding carboxylic acids is 1. The number of halogens is 1. The Bertz CT molecular complexity index is 862. The monoisotopic (exact) mass is 358 g/mol. The number of aromatic nitrogens is 2. The van der Waals surface area contributed by atoms with Crippen LogP contribution >= 0.6 is 11.6 Å². The molecule has 0 aliphatic heterocycles. The average Bonchev–Trinajstić information content (AvgIpc) is 3.06. The van der Waals surface area contributed by atoms with Crippen molar-refractivity contribution in [1.82, 2.24) is 9.55 Å². The minimum Gasteiger partial charge on any atom is -0.457 e. The third-order valence-corrected chi connectivity index (χ3v) is 3.43. The fraction of sp³-hybridized carbons (Fsp3) is 0.111. The Morgan fingerprint density at radius 2 is 1.96 bits per heavy atom. The Balaban J connectivity index is 1.74. The second-order valence-corrected chi connectivity index (χ2v) is 5.39. The molecule has 2 aromatic carbocycles. The zero-order valence-electron chi connectivity index (χ0n) is 13.4. The Morgan fingerprint density at radius 1 is 1.16 bits per heavy atom. The van der Waals surface area contributed by atoms with Gasteiger partial charge in [0.1, 0.15) is 17.8 Å². The van der Waals surface area contributed by atoms with Crippen LogP contribution in [0, 0.1) is 0 Å². The van der Waals surface area contributed by atoms with Crippen molar-refractivity contribution in [2.45, 2.75) is 6.92 Å². The topological polar surface area (TPSA) is 62.6 Å². The zero-order chi connectivity index (χ0) is 17.6. The molecule has 0 fully saturated rings. The first-order valence-corrected chi connectivity index (χ1v) is 7.94. The molecule has 0 atom stereocenters. The van der Waals surface area contributed by atoms with E-state index in [0.717, 1.165) is 5.69 Å². The summed E-state index contributed by atoms with van der Waals surface area (Å²) >= 11 is 5.87. The van der Waals surface area contributed by atoms with Gasteiger partial charge in [0.2, 0.25) is 5.88 Å². The summed E-state index contributed by atoms with van der Waals surface area (Å²) in [6.07, 6.45) is 2.33. The van der Waals surface area contributed by atoms with E-state index in [1.807, 2.05) is 24.3 Å². The summed E-state index contributed by atoms with van der Waals surface area (Å²) < 4.78 is 17.2. The molecule has 0 radical (unpaired) electrons. The Hall–Kier alpha value is -2.99. The minimum absolute atomic E-state index is 0.155. The van der Waals surface area contributed by atoms with Crippen LogP contribution < -0.4 is 9.47 Å². The minimum atomic E-state index is -0.785. The van der Waals surface area contributed by atoms with Gasteiger partial charge in [-0.25, -0.2) is 9.78 Å². The summed E-state index contributed by atoms with van der Waals surface area (Å²) in [5.74, 6) is 1.49. The van der Waals surface area contributed by atoms with Crippen molar-refractivity contribution in [2.75, 3.05) is 6.61 Å². The van der Waals surface area contributed by atoms with Gasteiger partial charge in [-0.2, -0.15) is 0 Å². The van der Waals surface area contributed by atoms with Gasteiger partial charge in [0.15, 0.2) is 0 Å². The highest BCUT2D eigenvalue weighted by atomic mass is 35.5. The number of carbonyl (C=O) groups is 1. The zero-order valence-corrected chi connectivity index (χ0v) is 14.1. The molecule has 3 aromatic rings. The first-order valence-electron chi connectivity index (χ1n) is 7.56. The number of ether oxygens (including phenoxy) is 3. The van der Waals surface area contributed by atoms with E-state index in [1.54, 1.807) is 42.0 Å². The van der Waals surface area contributed by atoms with Gasteiger partial charge in [-0.05, 0) is 43.3 Å². The van der Waals surface area contributed by atoms with Crippen molar-refractivity contribution in [2.24, 2.45) is 0 Å². The largest absolute Gasteiger partial charge is 0.515 e. The highest BCUT2D eigenvalue weighted by molar-refractivity contribution is 6.30. The number of benzene rings is 2. The van der Waals surface area contributed by atoms with Crippen molar-refractivity contribution in [1.29, 1.82) is 0 Å². The van der Waals surface area contributed by atoms with Gasteiger partial charge in [-0.3, -0.25) is 0 Å². The maximum atomic E-state index is 11.3. The predicted molar refractivity (Wildman–Crippen MR) is 92.7 cm³/mol. The molecule has 1 heterocycles. The lowest BCUT2D eigenvalue weighted by molar-refractivity contribution is 0.103. The fourth-order valence-electron chi connectivity index (χ4n) is 2.08. The van der Waals surface area contributed by atoms with E-state index in [0.29, 0.717) is 16.5 Å². The second kappa shape index (κ2) is 7.72. The molecule has 0 bridgehead atoms. The Morgan fingerprint density at radius 3 is 2.72 bits per heavy atom. The van der Waals surface area contributed by atoms with Crippen molar-refractivity contribution < 1.29 is 19.0 Å². The van der Waals surface area contributed by atoms with Crippen molar-refractivity contribution in [3.05, 3.63) is 66.1 Å². The standard InChI is InChI=1S/C18H15ClN2O4/c1-2-23-18(22)25-17-11-21(12-20-17)14-4-3-5-16(10-14)24-15-8-6-13(19)7-9-15/h3-12H,2H2,1H3. The van der Waals surface area contributed by atoms with Crippen LogP contribution in [-0.4, -0.2) is 22.3 Å². The third kappa shape index (κ3) is 4.51. The lowest BCUT2D eigenvalue weighted by atomic mass is 10.3. The molecule has 0 saturated carbocycles. The van der Waals surface area contributed by atoms with E-state index in [-0.39, 0.29) is 12.5 Å². The van der Waals surface area contributed by atoms with Crippen LogP contribution in [0.2, 0.25) is 5.02 Å². The van der Waals surface area contributed by atoms with Crippen LogP contribution in [0.5, 0.6) is 17.4 Å². The summed E-state index contributed by atoms with van der Waals surface area (Å²) in [4.78, 5) is 15.3. The van der Waals surface area contributed by atoms with E-state index in [1.165, 1.54) is 6.33 Å². The second-order valence-electron chi connectivity index (χ2n) is 4.96. The van der Waals surface area contributed by atoms with Crippen molar-refractivity contribution >= 4 is 17.8 Å². The number of nitrogens with zero attached hydrogens (tertiary/aromatic N) is 2. The van der Waals surface area contributed by atoms with Crippen LogP contribution in [0.1, 0.15) is 6.92 Å². The molecule has 6 nitrogen and oxygen atoms in total.